The Morgan fingerprint density at radius 1 is 1.00 bits per heavy atom. The quantitative estimate of drug-likeness (QED) is 0.797. The van der Waals surface area contributed by atoms with E-state index in [9.17, 15) is 10.2 Å². The maximum atomic E-state index is 9.60. The van der Waals surface area contributed by atoms with E-state index < -0.39 is 5.41 Å². The van der Waals surface area contributed by atoms with Gasteiger partial charge in [-0.25, -0.2) is 0 Å². The van der Waals surface area contributed by atoms with Crippen molar-refractivity contribution in [3.8, 4) is 0 Å². The normalized spacial score (nSPS) is 12.7. The van der Waals surface area contributed by atoms with Gasteiger partial charge in [-0.3, -0.25) is 0 Å². The van der Waals surface area contributed by atoms with E-state index in [4.69, 9.17) is 4.74 Å². The van der Waals surface area contributed by atoms with Gasteiger partial charge in [-0.2, -0.15) is 0 Å². The van der Waals surface area contributed by atoms with E-state index >= 15 is 0 Å². The molecule has 0 aliphatic rings. The van der Waals surface area contributed by atoms with Crippen LogP contribution in [0.4, 0.5) is 0 Å². The molecule has 0 atom stereocenters. The Hall–Kier alpha value is -0.900. The number of rotatable bonds is 7. The molecule has 1 aromatic carbocycles. The summed E-state index contributed by atoms with van der Waals surface area (Å²) >= 11 is 0. The standard InChI is InChI=1S/C16H26O3/c1-15(2,3)10-16(11-17,12-18)13-19-9-14-7-5-4-6-8-14/h4-8,17-18H,9-13H2,1-3H3. The molecule has 2 N–H and O–H groups in total. The van der Waals surface area contributed by atoms with Gasteiger partial charge in [0.1, 0.15) is 0 Å². The minimum atomic E-state index is -0.562. The summed E-state index contributed by atoms with van der Waals surface area (Å²) < 4.78 is 5.69. The van der Waals surface area contributed by atoms with Crippen molar-refractivity contribution in [2.75, 3.05) is 19.8 Å². The Balaban J connectivity index is 2.54. The van der Waals surface area contributed by atoms with E-state index in [0.717, 1.165) is 12.0 Å². The predicted molar refractivity (Wildman–Crippen MR) is 76.8 cm³/mol. The van der Waals surface area contributed by atoms with Crippen molar-refractivity contribution in [1.29, 1.82) is 0 Å². The second-order valence-electron chi connectivity index (χ2n) is 6.53. The smallest absolute Gasteiger partial charge is 0.0717 e. The minimum Gasteiger partial charge on any atom is -0.396 e. The van der Waals surface area contributed by atoms with Gasteiger partial charge in [-0.05, 0) is 17.4 Å². The zero-order valence-corrected chi connectivity index (χ0v) is 12.2. The molecule has 0 saturated carbocycles. The van der Waals surface area contributed by atoms with Gasteiger partial charge >= 0.3 is 0 Å². The predicted octanol–water partition coefficient (Wildman–Crippen LogP) is 2.61. The van der Waals surface area contributed by atoms with Gasteiger partial charge < -0.3 is 14.9 Å². The number of hydrogen-bond acceptors (Lipinski definition) is 3. The highest BCUT2D eigenvalue weighted by atomic mass is 16.5. The van der Waals surface area contributed by atoms with Crippen LogP contribution < -0.4 is 0 Å². The van der Waals surface area contributed by atoms with Crippen LogP contribution in [0.3, 0.4) is 0 Å². The van der Waals surface area contributed by atoms with Crippen LogP contribution in [0, 0.1) is 10.8 Å². The van der Waals surface area contributed by atoms with Gasteiger partial charge in [0.25, 0.3) is 0 Å². The van der Waals surface area contributed by atoms with Crippen LogP contribution in [-0.2, 0) is 11.3 Å². The molecule has 0 unspecified atom stereocenters. The fraction of sp³-hybridized carbons (Fsp3) is 0.625. The molecule has 0 heterocycles. The molecule has 0 aliphatic carbocycles. The summed E-state index contributed by atoms with van der Waals surface area (Å²) in [6, 6.07) is 9.92. The summed E-state index contributed by atoms with van der Waals surface area (Å²) in [5, 5.41) is 19.2. The first-order valence-corrected chi connectivity index (χ1v) is 6.74. The van der Waals surface area contributed by atoms with Crippen LogP contribution in [0.25, 0.3) is 0 Å². The highest BCUT2D eigenvalue weighted by Gasteiger charge is 2.34. The van der Waals surface area contributed by atoms with Gasteiger partial charge in [0, 0.05) is 5.41 Å². The molecule has 0 saturated heterocycles. The Bertz CT molecular complexity index is 350. The summed E-state index contributed by atoms with van der Waals surface area (Å²) in [6.45, 7) is 7.06. The highest BCUT2D eigenvalue weighted by molar-refractivity contribution is 5.13. The SMILES string of the molecule is CC(C)(C)CC(CO)(CO)COCc1ccccc1. The molecular weight excluding hydrogens is 240 g/mol. The number of hydrogen-bond donors (Lipinski definition) is 2. The summed E-state index contributed by atoms with van der Waals surface area (Å²) in [5.74, 6) is 0. The lowest BCUT2D eigenvalue weighted by Crippen LogP contribution is -2.38. The van der Waals surface area contributed by atoms with Crippen molar-refractivity contribution in [3.63, 3.8) is 0 Å². The molecule has 0 radical (unpaired) electrons. The van der Waals surface area contributed by atoms with Crippen molar-refractivity contribution in [2.45, 2.75) is 33.8 Å². The lowest BCUT2D eigenvalue weighted by Gasteiger charge is -2.35. The largest absolute Gasteiger partial charge is 0.396 e. The Morgan fingerprint density at radius 2 is 1.58 bits per heavy atom. The maximum Gasteiger partial charge on any atom is 0.0717 e. The lowest BCUT2D eigenvalue weighted by molar-refractivity contribution is -0.0542. The van der Waals surface area contributed by atoms with Crippen molar-refractivity contribution < 1.29 is 14.9 Å². The van der Waals surface area contributed by atoms with Gasteiger partial charge in [0.05, 0.1) is 26.4 Å². The van der Waals surface area contributed by atoms with Crippen LogP contribution in [0.5, 0.6) is 0 Å². The topological polar surface area (TPSA) is 49.7 Å². The van der Waals surface area contributed by atoms with Gasteiger partial charge in [0.15, 0.2) is 0 Å². The summed E-state index contributed by atoms with van der Waals surface area (Å²) in [7, 11) is 0. The van der Waals surface area contributed by atoms with E-state index in [1.807, 2.05) is 30.3 Å². The van der Waals surface area contributed by atoms with E-state index in [0.29, 0.717) is 13.2 Å². The molecule has 0 fully saturated rings. The Morgan fingerprint density at radius 3 is 2.05 bits per heavy atom. The van der Waals surface area contributed by atoms with Gasteiger partial charge in [-0.1, -0.05) is 51.1 Å². The molecule has 0 amide bonds. The molecule has 0 aromatic heterocycles. The van der Waals surface area contributed by atoms with Crippen molar-refractivity contribution in [3.05, 3.63) is 35.9 Å². The first kappa shape index (κ1) is 16.2. The van der Waals surface area contributed by atoms with Crippen LogP contribution in [0.15, 0.2) is 30.3 Å². The van der Waals surface area contributed by atoms with E-state index in [1.54, 1.807) is 0 Å². The molecule has 3 nitrogen and oxygen atoms in total. The monoisotopic (exact) mass is 266 g/mol. The second-order valence-corrected chi connectivity index (χ2v) is 6.53. The van der Waals surface area contributed by atoms with Gasteiger partial charge in [-0.15, -0.1) is 0 Å². The molecular formula is C16H26O3. The molecule has 0 aliphatic heterocycles. The second kappa shape index (κ2) is 7.04. The Kier molecular flexibility index (Phi) is 5.98. The molecule has 1 aromatic rings. The average molecular weight is 266 g/mol. The van der Waals surface area contributed by atoms with Crippen molar-refractivity contribution >= 4 is 0 Å². The first-order chi connectivity index (χ1) is 8.91. The number of aliphatic hydroxyl groups is 2. The molecule has 0 spiro atoms. The van der Waals surface area contributed by atoms with Crippen LogP contribution in [0.2, 0.25) is 0 Å². The molecule has 19 heavy (non-hydrogen) atoms. The molecule has 1 rings (SSSR count). The summed E-state index contributed by atoms with van der Waals surface area (Å²) in [4.78, 5) is 0. The minimum absolute atomic E-state index is 0.0432. The summed E-state index contributed by atoms with van der Waals surface area (Å²) in [6.07, 6.45) is 0.724. The summed E-state index contributed by atoms with van der Waals surface area (Å²) in [5.41, 5.74) is 0.581. The van der Waals surface area contributed by atoms with Crippen LogP contribution in [0.1, 0.15) is 32.8 Å². The highest BCUT2D eigenvalue weighted by Crippen LogP contribution is 2.33. The fourth-order valence-electron chi connectivity index (χ4n) is 2.39. The number of ether oxygens (including phenoxy) is 1. The molecule has 3 heteroatoms. The molecule has 108 valence electrons. The molecule has 0 bridgehead atoms. The van der Waals surface area contributed by atoms with E-state index in [-0.39, 0.29) is 18.6 Å². The maximum absolute atomic E-state index is 9.60. The number of aliphatic hydroxyl groups excluding tert-OH is 2. The zero-order valence-electron chi connectivity index (χ0n) is 12.2. The van der Waals surface area contributed by atoms with Crippen molar-refractivity contribution in [1.82, 2.24) is 0 Å². The van der Waals surface area contributed by atoms with E-state index in [2.05, 4.69) is 20.8 Å². The Labute approximate surface area is 116 Å². The zero-order chi connectivity index (χ0) is 14.4. The van der Waals surface area contributed by atoms with Crippen LogP contribution >= 0.6 is 0 Å². The average Bonchev–Trinajstić information content (AvgIpc) is 2.37. The first-order valence-electron chi connectivity index (χ1n) is 6.74. The van der Waals surface area contributed by atoms with E-state index in [1.165, 1.54) is 0 Å². The van der Waals surface area contributed by atoms with Crippen LogP contribution in [-0.4, -0.2) is 30.0 Å². The third-order valence-corrected chi connectivity index (χ3v) is 3.10. The fourth-order valence-corrected chi connectivity index (χ4v) is 2.39. The third kappa shape index (κ3) is 5.72. The van der Waals surface area contributed by atoms with Crippen molar-refractivity contribution in [2.24, 2.45) is 10.8 Å². The van der Waals surface area contributed by atoms with Gasteiger partial charge in [0.2, 0.25) is 0 Å². The lowest BCUT2D eigenvalue weighted by atomic mass is 9.75. The third-order valence-electron chi connectivity index (χ3n) is 3.10. The number of benzene rings is 1.